The maximum Gasteiger partial charge on any atom is 0.100 e. The van der Waals surface area contributed by atoms with Crippen molar-refractivity contribution in [1.82, 2.24) is 25.1 Å². The van der Waals surface area contributed by atoms with E-state index in [-0.39, 0.29) is 6.04 Å². The lowest BCUT2D eigenvalue weighted by atomic mass is 10.1. The number of rotatable bonds is 6. The Morgan fingerprint density at radius 3 is 2.85 bits per heavy atom. The lowest BCUT2D eigenvalue weighted by Gasteiger charge is -2.19. The number of nitrogens with zero attached hydrogens (tertiary/aromatic N) is 4. The molecule has 6 nitrogen and oxygen atoms in total. The Hall–Kier alpha value is -0.990. The molecule has 110 valence electrons. The van der Waals surface area contributed by atoms with E-state index in [0.717, 1.165) is 29.4 Å². The molecule has 0 spiro atoms. The predicted molar refractivity (Wildman–Crippen MR) is 81.8 cm³/mol. The van der Waals surface area contributed by atoms with E-state index in [9.17, 15) is 0 Å². The van der Waals surface area contributed by atoms with Gasteiger partial charge in [0.25, 0.3) is 0 Å². The summed E-state index contributed by atoms with van der Waals surface area (Å²) in [6, 6.07) is -0.195. The zero-order valence-electron chi connectivity index (χ0n) is 11.8. The zero-order valence-corrected chi connectivity index (χ0v) is 13.4. The van der Waals surface area contributed by atoms with Gasteiger partial charge in [0.1, 0.15) is 6.04 Å². The van der Waals surface area contributed by atoms with Crippen molar-refractivity contribution in [3.8, 4) is 0 Å². The molecule has 1 atom stereocenters. The third kappa shape index (κ3) is 3.18. The maximum absolute atomic E-state index is 6.29. The van der Waals surface area contributed by atoms with Gasteiger partial charge >= 0.3 is 0 Å². The minimum atomic E-state index is -0.195. The van der Waals surface area contributed by atoms with Crippen LogP contribution in [0.4, 0.5) is 0 Å². The third-order valence-corrected chi connectivity index (χ3v) is 4.36. The molecule has 20 heavy (non-hydrogen) atoms. The fourth-order valence-electron chi connectivity index (χ4n) is 2.00. The average Bonchev–Trinajstić information content (AvgIpc) is 2.97. The summed E-state index contributed by atoms with van der Waals surface area (Å²) in [4.78, 5) is 7.43. The van der Waals surface area contributed by atoms with E-state index in [1.54, 1.807) is 17.5 Å². The number of aryl methyl sites for hydroxylation is 1. The van der Waals surface area contributed by atoms with Gasteiger partial charge in [-0.3, -0.25) is 10.5 Å². The second-order valence-corrected chi connectivity index (χ2v) is 6.10. The molecular formula is C12H19ClN6S. The topological polar surface area (TPSA) is 72.0 Å². The van der Waals surface area contributed by atoms with Crippen LogP contribution in [0.2, 0.25) is 5.02 Å². The largest absolute Gasteiger partial charge is 0.308 e. The van der Waals surface area contributed by atoms with Gasteiger partial charge in [-0.05, 0) is 21.0 Å². The first-order valence-electron chi connectivity index (χ1n) is 6.26. The first-order valence-corrected chi connectivity index (χ1v) is 7.52. The molecule has 2 aromatic rings. The van der Waals surface area contributed by atoms with Gasteiger partial charge in [0.05, 0.1) is 39.5 Å². The molecule has 2 rings (SSSR count). The predicted octanol–water partition coefficient (Wildman–Crippen LogP) is 1.42. The lowest BCUT2D eigenvalue weighted by Crippen LogP contribution is -2.31. The molecule has 0 aromatic carbocycles. The molecule has 2 aromatic heterocycles. The summed E-state index contributed by atoms with van der Waals surface area (Å²) < 4.78 is 1.89. The first-order chi connectivity index (χ1) is 9.54. The Morgan fingerprint density at radius 2 is 2.30 bits per heavy atom. The molecule has 0 aliphatic carbocycles. The van der Waals surface area contributed by atoms with Crippen LogP contribution in [0.3, 0.4) is 0 Å². The normalized spacial score (nSPS) is 13.1. The van der Waals surface area contributed by atoms with Gasteiger partial charge in [0.15, 0.2) is 0 Å². The van der Waals surface area contributed by atoms with Gasteiger partial charge in [-0.25, -0.2) is 10.4 Å². The van der Waals surface area contributed by atoms with Crippen molar-refractivity contribution in [2.75, 3.05) is 20.6 Å². The Balaban J connectivity index is 2.34. The van der Waals surface area contributed by atoms with Crippen molar-refractivity contribution in [3.05, 3.63) is 33.0 Å². The van der Waals surface area contributed by atoms with Crippen LogP contribution in [-0.2, 0) is 6.54 Å². The van der Waals surface area contributed by atoms with Crippen molar-refractivity contribution in [3.63, 3.8) is 0 Å². The molecule has 0 aliphatic rings. The van der Waals surface area contributed by atoms with E-state index in [0.29, 0.717) is 5.02 Å². The van der Waals surface area contributed by atoms with Gasteiger partial charge in [0.2, 0.25) is 0 Å². The van der Waals surface area contributed by atoms with Gasteiger partial charge < -0.3 is 4.90 Å². The smallest absolute Gasteiger partial charge is 0.100 e. The van der Waals surface area contributed by atoms with Gasteiger partial charge in [-0.15, -0.1) is 11.3 Å². The highest BCUT2D eigenvalue weighted by Crippen LogP contribution is 2.31. The van der Waals surface area contributed by atoms with E-state index in [4.69, 9.17) is 17.4 Å². The number of thiazole rings is 1. The van der Waals surface area contributed by atoms with Crippen molar-refractivity contribution < 1.29 is 0 Å². The Morgan fingerprint density at radius 1 is 1.55 bits per heavy atom. The fraction of sp³-hybridized carbons (Fsp3) is 0.500. The Labute approximate surface area is 127 Å². The van der Waals surface area contributed by atoms with Crippen molar-refractivity contribution in [2.45, 2.75) is 19.5 Å². The highest BCUT2D eigenvalue weighted by Gasteiger charge is 2.24. The number of hydrazine groups is 1. The fourth-order valence-corrected chi connectivity index (χ4v) is 3.11. The standard InChI is InChI=1S/C12H19ClN6S/c1-8-12(20-7-15-8)10(17-14)11-9(13)6-16-19(11)5-4-18(2)3/h6-7,10,17H,4-5,14H2,1-3H3. The summed E-state index contributed by atoms with van der Waals surface area (Å²) in [5, 5.41) is 4.95. The van der Waals surface area contributed by atoms with Crippen LogP contribution in [0.1, 0.15) is 22.3 Å². The van der Waals surface area contributed by atoms with Crippen LogP contribution in [-0.4, -0.2) is 40.3 Å². The summed E-state index contributed by atoms with van der Waals surface area (Å²) in [6.45, 7) is 3.60. The summed E-state index contributed by atoms with van der Waals surface area (Å²) in [5.41, 5.74) is 6.47. The Kier molecular flexibility index (Phi) is 5.11. The summed E-state index contributed by atoms with van der Waals surface area (Å²) >= 11 is 7.85. The van der Waals surface area contributed by atoms with Crippen LogP contribution in [0, 0.1) is 6.92 Å². The van der Waals surface area contributed by atoms with Gasteiger partial charge in [-0.2, -0.15) is 5.10 Å². The second kappa shape index (κ2) is 6.64. The number of hydrogen-bond donors (Lipinski definition) is 2. The summed E-state index contributed by atoms with van der Waals surface area (Å²) in [6.07, 6.45) is 1.66. The highest BCUT2D eigenvalue weighted by molar-refractivity contribution is 7.09. The number of nitrogens with one attached hydrogen (secondary N) is 1. The molecule has 0 aliphatic heterocycles. The van der Waals surface area contributed by atoms with Crippen molar-refractivity contribution >= 4 is 22.9 Å². The van der Waals surface area contributed by atoms with Crippen molar-refractivity contribution in [1.29, 1.82) is 0 Å². The van der Waals surface area contributed by atoms with Crippen LogP contribution >= 0.6 is 22.9 Å². The number of hydrogen-bond acceptors (Lipinski definition) is 6. The van der Waals surface area contributed by atoms with Crippen molar-refractivity contribution in [2.24, 2.45) is 5.84 Å². The molecule has 0 bridgehead atoms. The van der Waals surface area contributed by atoms with Crippen LogP contribution in [0.15, 0.2) is 11.7 Å². The monoisotopic (exact) mass is 314 g/mol. The first kappa shape index (κ1) is 15.4. The summed E-state index contributed by atoms with van der Waals surface area (Å²) in [7, 11) is 4.05. The molecular weight excluding hydrogens is 296 g/mol. The molecule has 0 saturated heterocycles. The molecule has 3 N–H and O–H groups in total. The maximum atomic E-state index is 6.29. The van der Waals surface area contributed by atoms with Crippen LogP contribution < -0.4 is 11.3 Å². The molecule has 1 unspecified atom stereocenters. The zero-order chi connectivity index (χ0) is 14.7. The minimum absolute atomic E-state index is 0.195. The van der Waals surface area contributed by atoms with E-state index in [2.05, 4.69) is 20.4 Å². The number of halogens is 1. The molecule has 0 saturated carbocycles. The van der Waals surface area contributed by atoms with E-state index < -0.39 is 0 Å². The molecule has 0 radical (unpaired) electrons. The SMILES string of the molecule is Cc1ncsc1C(NN)c1c(Cl)cnn1CCN(C)C. The quantitative estimate of drug-likeness (QED) is 0.623. The number of nitrogens with two attached hydrogens (primary N) is 1. The third-order valence-electron chi connectivity index (χ3n) is 3.08. The van der Waals surface area contributed by atoms with Crippen LogP contribution in [0.25, 0.3) is 0 Å². The lowest BCUT2D eigenvalue weighted by molar-refractivity contribution is 0.366. The molecule has 2 heterocycles. The van der Waals surface area contributed by atoms with E-state index >= 15 is 0 Å². The average molecular weight is 315 g/mol. The Bertz CT molecular complexity index is 564. The highest BCUT2D eigenvalue weighted by atomic mass is 35.5. The summed E-state index contributed by atoms with van der Waals surface area (Å²) in [5.74, 6) is 5.74. The molecule has 8 heteroatoms. The molecule has 0 fully saturated rings. The minimum Gasteiger partial charge on any atom is -0.308 e. The molecule has 0 amide bonds. The number of aromatic nitrogens is 3. The van der Waals surface area contributed by atoms with Gasteiger partial charge in [-0.1, -0.05) is 11.6 Å². The van der Waals surface area contributed by atoms with Crippen LogP contribution in [0.5, 0.6) is 0 Å². The van der Waals surface area contributed by atoms with E-state index in [1.807, 2.05) is 31.2 Å². The van der Waals surface area contributed by atoms with Gasteiger partial charge in [0, 0.05) is 6.54 Å². The second-order valence-electron chi connectivity index (χ2n) is 4.81. The van der Waals surface area contributed by atoms with E-state index in [1.165, 1.54) is 0 Å². The number of likely N-dealkylation sites (N-methyl/N-ethyl adjacent to an activating group) is 1.